The van der Waals surface area contributed by atoms with E-state index in [0.717, 1.165) is 31.2 Å². The van der Waals surface area contributed by atoms with Crippen molar-refractivity contribution in [2.24, 2.45) is 17.1 Å². The molecule has 1 aliphatic carbocycles. The van der Waals surface area contributed by atoms with Gasteiger partial charge in [0, 0.05) is 12.0 Å². The number of aliphatic hydroxyl groups excluding tert-OH is 1. The van der Waals surface area contributed by atoms with Crippen molar-refractivity contribution in [3.8, 4) is 0 Å². The molecule has 3 N–H and O–H groups in total. The molecule has 2 rings (SSSR count). The van der Waals surface area contributed by atoms with Gasteiger partial charge in [0.1, 0.15) is 5.82 Å². The standard InChI is InChI=1S/C15H22FNO/c1-2-11-7-8-15(9-11,10-17)14(18)12-3-5-13(16)6-4-12/h3-6,11,14,18H,2,7-10,17H2,1H3. The van der Waals surface area contributed by atoms with Gasteiger partial charge in [-0.3, -0.25) is 0 Å². The molecular weight excluding hydrogens is 229 g/mol. The lowest BCUT2D eigenvalue weighted by Gasteiger charge is -2.33. The van der Waals surface area contributed by atoms with Crippen LogP contribution in [0, 0.1) is 17.2 Å². The van der Waals surface area contributed by atoms with E-state index in [-0.39, 0.29) is 11.2 Å². The van der Waals surface area contributed by atoms with Crippen molar-refractivity contribution in [2.75, 3.05) is 6.54 Å². The van der Waals surface area contributed by atoms with Crippen molar-refractivity contribution in [1.82, 2.24) is 0 Å². The molecule has 0 radical (unpaired) electrons. The number of halogens is 1. The third-order valence-electron chi connectivity index (χ3n) is 4.50. The summed E-state index contributed by atoms with van der Waals surface area (Å²) in [6.07, 6.45) is 3.61. The van der Waals surface area contributed by atoms with Crippen LogP contribution in [0.5, 0.6) is 0 Å². The van der Waals surface area contributed by atoms with E-state index in [1.165, 1.54) is 12.1 Å². The second-order valence-electron chi connectivity index (χ2n) is 5.54. The summed E-state index contributed by atoms with van der Waals surface area (Å²) >= 11 is 0. The van der Waals surface area contributed by atoms with Crippen molar-refractivity contribution in [3.05, 3.63) is 35.6 Å². The lowest BCUT2D eigenvalue weighted by molar-refractivity contribution is 0.0301. The van der Waals surface area contributed by atoms with Crippen LogP contribution in [-0.2, 0) is 0 Å². The first-order chi connectivity index (χ1) is 8.61. The summed E-state index contributed by atoms with van der Waals surface area (Å²) in [7, 11) is 0. The van der Waals surface area contributed by atoms with E-state index in [2.05, 4.69) is 6.92 Å². The average molecular weight is 251 g/mol. The van der Waals surface area contributed by atoms with Crippen LogP contribution in [0.3, 0.4) is 0 Å². The number of hydrogen-bond acceptors (Lipinski definition) is 2. The van der Waals surface area contributed by atoms with Crippen LogP contribution in [0.25, 0.3) is 0 Å². The second-order valence-corrected chi connectivity index (χ2v) is 5.54. The summed E-state index contributed by atoms with van der Waals surface area (Å²) in [4.78, 5) is 0. The smallest absolute Gasteiger partial charge is 0.123 e. The zero-order chi connectivity index (χ0) is 13.2. The van der Waals surface area contributed by atoms with Crippen molar-refractivity contribution >= 4 is 0 Å². The largest absolute Gasteiger partial charge is 0.388 e. The summed E-state index contributed by atoms with van der Waals surface area (Å²) < 4.78 is 12.9. The van der Waals surface area contributed by atoms with Crippen molar-refractivity contribution < 1.29 is 9.50 Å². The Morgan fingerprint density at radius 3 is 2.61 bits per heavy atom. The monoisotopic (exact) mass is 251 g/mol. The maximum atomic E-state index is 12.9. The van der Waals surface area contributed by atoms with E-state index in [1.54, 1.807) is 12.1 Å². The lowest BCUT2D eigenvalue weighted by Crippen LogP contribution is -2.34. The molecule has 3 atom stereocenters. The van der Waals surface area contributed by atoms with Crippen molar-refractivity contribution in [3.63, 3.8) is 0 Å². The Kier molecular flexibility index (Phi) is 4.03. The zero-order valence-electron chi connectivity index (χ0n) is 10.9. The van der Waals surface area contributed by atoms with E-state index in [4.69, 9.17) is 5.73 Å². The zero-order valence-corrected chi connectivity index (χ0v) is 10.9. The van der Waals surface area contributed by atoms with Gasteiger partial charge < -0.3 is 10.8 Å². The lowest BCUT2D eigenvalue weighted by atomic mass is 9.76. The topological polar surface area (TPSA) is 46.2 Å². The van der Waals surface area contributed by atoms with Gasteiger partial charge in [0.25, 0.3) is 0 Å². The summed E-state index contributed by atoms with van der Waals surface area (Å²) in [5, 5.41) is 10.6. The highest BCUT2D eigenvalue weighted by Crippen LogP contribution is 2.50. The Bertz CT molecular complexity index is 392. The molecule has 1 aliphatic rings. The van der Waals surface area contributed by atoms with Gasteiger partial charge in [0.2, 0.25) is 0 Å². The molecule has 0 spiro atoms. The van der Waals surface area contributed by atoms with Gasteiger partial charge in [-0.2, -0.15) is 0 Å². The Hall–Kier alpha value is -0.930. The number of aliphatic hydroxyl groups is 1. The van der Waals surface area contributed by atoms with Gasteiger partial charge in [-0.05, 0) is 42.9 Å². The second kappa shape index (κ2) is 5.37. The van der Waals surface area contributed by atoms with Crippen LogP contribution in [0.4, 0.5) is 4.39 Å². The minimum Gasteiger partial charge on any atom is -0.388 e. The predicted octanol–water partition coefficient (Wildman–Crippen LogP) is 3.01. The molecule has 0 aliphatic heterocycles. The fourth-order valence-corrected chi connectivity index (χ4v) is 3.16. The Labute approximate surface area is 108 Å². The third kappa shape index (κ3) is 2.43. The SMILES string of the molecule is CCC1CCC(CN)(C(O)c2ccc(F)cc2)C1. The summed E-state index contributed by atoms with van der Waals surface area (Å²) in [5.41, 5.74) is 6.47. The quantitative estimate of drug-likeness (QED) is 0.864. The molecule has 0 heterocycles. The molecular formula is C15H22FNO. The summed E-state index contributed by atoms with van der Waals surface area (Å²) in [6.45, 7) is 2.67. The first-order valence-corrected chi connectivity index (χ1v) is 6.75. The number of benzene rings is 1. The molecule has 18 heavy (non-hydrogen) atoms. The highest BCUT2D eigenvalue weighted by molar-refractivity contribution is 5.21. The summed E-state index contributed by atoms with van der Waals surface area (Å²) in [6, 6.07) is 6.12. The van der Waals surface area contributed by atoms with Gasteiger partial charge in [0.15, 0.2) is 0 Å². The third-order valence-corrected chi connectivity index (χ3v) is 4.50. The fraction of sp³-hybridized carbons (Fsp3) is 0.600. The molecule has 0 aromatic heterocycles. The van der Waals surface area contributed by atoms with Crippen LogP contribution < -0.4 is 5.73 Å². The van der Waals surface area contributed by atoms with Crippen LogP contribution in [0.1, 0.15) is 44.3 Å². The minimum absolute atomic E-state index is 0.224. The highest BCUT2D eigenvalue weighted by Gasteiger charge is 2.43. The first-order valence-electron chi connectivity index (χ1n) is 6.75. The minimum atomic E-state index is -0.584. The maximum absolute atomic E-state index is 12.9. The molecule has 1 fully saturated rings. The molecule has 0 saturated heterocycles. The van der Waals surface area contributed by atoms with Crippen LogP contribution >= 0.6 is 0 Å². The maximum Gasteiger partial charge on any atom is 0.123 e. The van der Waals surface area contributed by atoms with Crippen molar-refractivity contribution in [2.45, 2.75) is 38.7 Å². The Balaban J connectivity index is 2.20. The van der Waals surface area contributed by atoms with Crippen LogP contribution in [-0.4, -0.2) is 11.7 Å². The van der Waals surface area contributed by atoms with E-state index in [1.807, 2.05) is 0 Å². The molecule has 2 nitrogen and oxygen atoms in total. The van der Waals surface area contributed by atoms with Crippen molar-refractivity contribution in [1.29, 1.82) is 0 Å². The molecule has 1 saturated carbocycles. The molecule has 3 heteroatoms. The number of hydrogen-bond donors (Lipinski definition) is 2. The van der Waals surface area contributed by atoms with Gasteiger partial charge >= 0.3 is 0 Å². The van der Waals surface area contributed by atoms with Gasteiger partial charge in [-0.25, -0.2) is 4.39 Å². The van der Waals surface area contributed by atoms with Gasteiger partial charge in [-0.15, -0.1) is 0 Å². The van der Waals surface area contributed by atoms with Gasteiger partial charge in [0.05, 0.1) is 6.10 Å². The van der Waals surface area contributed by atoms with Gasteiger partial charge in [-0.1, -0.05) is 25.5 Å². The number of nitrogens with two attached hydrogens (primary N) is 1. The highest BCUT2D eigenvalue weighted by atomic mass is 19.1. The Morgan fingerprint density at radius 2 is 2.11 bits per heavy atom. The number of rotatable bonds is 4. The molecule has 0 amide bonds. The van der Waals surface area contributed by atoms with Crippen LogP contribution in [0.2, 0.25) is 0 Å². The Morgan fingerprint density at radius 1 is 1.44 bits per heavy atom. The van der Waals surface area contributed by atoms with E-state index in [0.29, 0.717) is 12.5 Å². The van der Waals surface area contributed by atoms with E-state index < -0.39 is 6.10 Å². The van der Waals surface area contributed by atoms with E-state index in [9.17, 15) is 9.50 Å². The molecule has 100 valence electrons. The van der Waals surface area contributed by atoms with E-state index >= 15 is 0 Å². The fourth-order valence-electron chi connectivity index (χ4n) is 3.16. The van der Waals surface area contributed by atoms with Crippen LogP contribution in [0.15, 0.2) is 24.3 Å². The normalized spacial score (nSPS) is 29.4. The molecule has 1 aromatic rings. The molecule has 1 aromatic carbocycles. The average Bonchev–Trinajstić information content (AvgIpc) is 2.84. The summed E-state index contributed by atoms with van der Waals surface area (Å²) in [5.74, 6) is 0.384. The molecule has 0 bridgehead atoms. The predicted molar refractivity (Wildman–Crippen MR) is 70.5 cm³/mol. The first kappa shape index (κ1) is 13.5. The molecule has 3 unspecified atom stereocenters.